The maximum Gasteiger partial charge on any atom is 0.166 e. The summed E-state index contributed by atoms with van der Waals surface area (Å²) in [6, 6.07) is 14.8. The summed E-state index contributed by atoms with van der Waals surface area (Å²) in [4.78, 5) is 3.55. The highest BCUT2D eigenvalue weighted by Gasteiger charge is 2.15. The number of thiocarbonyl (C=S) groups is 1. The first-order valence-electron chi connectivity index (χ1n) is 6.92. The van der Waals surface area contributed by atoms with Gasteiger partial charge in [0.1, 0.15) is 0 Å². The van der Waals surface area contributed by atoms with E-state index in [1.165, 1.54) is 10.4 Å². The third kappa shape index (κ3) is 5.12. The van der Waals surface area contributed by atoms with Gasteiger partial charge in [-0.2, -0.15) is 0 Å². The highest BCUT2D eigenvalue weighted by molar-refractivity contribution is 7.80. The van der Waals surface area contributed by atoms with E-state index in [-0.39, 0.29) is 0 Å². The summed E-state index contributed by atoms with van der Waals surface area (Å²) in [5.74, 6) is 0. The molecule has 0 amide bonds. The van der Waals surface area contributed by atoms with Gasteiger partial charge in [-0.15, -0.1) is 11.3 Å². The molecule has 3 nitrogen and oxygen atoms in total. The molecule has 21 heavy (non-hydrogen) atoms. The topological polar surface area (TPSA) is 27.3 Å². The Kier molecular flexibility index (Phi) is 6.17. The van der Waals surface area contributed by atoms with Gasteiger partial charge in [-0.25, -0.2) is 0 Å². The Morgan fingerprint density at radius 3 is 2.52 bits per heavy atom. The lowest BCUT2D eigenvalue weighted by Crippen LogP contribution is -2.39. The van der Waals surface area contributed by atoms with E-state index in [0.29, 0.717) is 11.2 Å². The van der Waals surface area contributed by atoms with Crippen LogP contribution in [0.4, 0.5) is 0 Å². The Bertz CT molecular complexity index is 538. The van der Waals surface area contributed by atoms with Crippen molar-refractivity contribution in [2.45, 2.75) is 12.6 Å². The Hall–Kier alpha value is -1.43. The molecular formula is C16H21N3S2. The Balaban J connectivity index is 1.80. The molecule has 0 fully saturated rings. The smallest absolute Gasteiger partial charge is 0.166 e. The molecule has 0 saturated heterocycles. The molecule has 5 heteroatoms. The molecule has 2 N–H and O–H groups in total. The lowest BCUT2D eigenvalue weighted by atomic mass is 10.2. The molecule has 1 heterocycles. The zero-order valence-corrected chi connectivity index (χ0v) is 14.0. The maximum absolute atomic E-state index is 5.35. The first kappa shape index (κ1) is 15.9. The van der Waals surface area contributed by atoms with Crippen molar-refractivity contribution >= 4 is 28.7 Å². The van der Waals surface area contributed by atoms with Crippen molar-refractivity contribution in [2.24, 2.45) is 0 Å². The van der Waals surface area contributed by atoms with Gasteiger partial charge in [0.15, 0.2) is 5.11 Å². The molecule has 112 valence electrons. The number of nitrogens with one attached hydrogen (secondary N) is 2. The number of hydrogen-bond acceptors (Lipinski definition) is 3. The van der Waals surface area contributed by atoms with Gasteiger partial charge >= 0.3 is 0 Å². The van der Waals surface area contributed by atoms with Crippen molar-refractivity contribution in [3.8, 4) is 0 Å². The van der Waals surface area contributed by atoms with Gasteiger partial charge in [-0.1, -0.05) is 36.4 Å². The van der Waals surface area contributed by atoms with Crippen LogP contribution in [0.25, 0.3) is 0 Å². The number of thiophene rings is 1. The number of nitrogens with zero attached hydrogens (tertiary/aromatic N) is 1. The fraction of sp³-hybridized carbons (Fsp3) is 0.312. The summed E-state index contributed by atoms with van der Waals surface area (Å²) in [7, 11) is 4.18. The van der Waals surface area contributed by atoms with Gasteiger partial charge in [0.05, 0.1) is 6.04 Å². The minimum Gasteiger partial charge on any atom is -0.361 e. The summed E-state index contributed by atoms with van der Waals surface area (Å²) in [6.07, 6.45) is 0. The molecule has 1 aromatic heterocycles. The number of rotatable bonds is 6. The van der Waals surface area contributed by atoms with Crippen LogP contribution in [0.15, 0.2) is 47.8 Å². The predicted molar refractivity (Wildman–Crippen MR) is 94.6 cm³/mol. The van der Waals surface area contributed by atoms with Crippen LogP contribution < -0.4 is 10.6 Å². The van der Waals surface area contributed by atoms with Gasteiger partial charge in [0.2, 0.25) is 0 Å². The second kappa shape index (κ2) is 8.12. The molecule has 0 saturated carbocycles. The lowest BCUT2D eigenvalue weighted by molar-refractivity contribution is 0.303. The Morgan fingerprint density at radius 2 is 1.90 bits per heavy atom. The van der Waals surface area contributed by atoms with Gasteiger partial charge < -0.3 is 15.5 Å². The normalized spacial score (nSPS) is 12.1. The van der Waals surface area contributed by atoms with E-state index in [0.717, 1.165) is 13.1 Å². The zero-order valence-electron chi connectivity index (χ0n) is 12.4. The quantitative estimate of drug-likeness (QED) is 0.801. The predicted octanol–water partition coefficient (Wildman–Crippen LogP) is 3.02. The van der Waals surface area contributed by atoms with E-state index >= 15 is 0 Å². The van der Waals surface area contributed by atoms with E-state index in [1.807, 2.05) is 18.2 Å². The van der Waals surface area contributed by atoms with Crippen LogP contribution >= 0.6 is 23.6 Å². The minimum absolute atomic E-state index is 0.335. The van der Waals surface area contributed by atoms with Crippen LogP contribution in [-0.2, 0) is 6.54 Å². The summed E-state index contributed by atoms with van der Waals surface area (Å²) >= 11 is 7.13. The molecule has 2 aromatic rings. The Labute approximate surface area is 136 Å². The van der Waals surface area contributed by atoms with Crippen molar-refractivity contribution in [3.05, 3.63) is 58.3 Å². The highest BCUT2D eigenvalue weighted by atomic mass is 32.1. The molecule has 0 aliphatic rings. The molecule has 0 unspecified atom stereocenters. The average molecular weight is 319 g/mol. The molecule has 0 spiro atoms. The van der Waals surface area contributed by atoms with E-state index in [4.69, 9.17) is 12.2 Å². The molecule has 1 aromatic carbocycles. The SMILES string of the molecule is CN(C)[C@H](CNC(=S)NCc1ccccc1)c1cccs1. The molecular weight excluding hydrogens is 298 g/mol. The van der Waals surface area contributed by atoms with Crippen molar-refractivity contribution in [1.82, 2.24) is 15.5 Å². The first-order chi connectivity index (χ1) is 10.2. The van der Waals surface area contributed by atoms with Gasteiger partial charge in [0, 0.05) is 18.0 Å². The summed E-state index contributed by atoms with van der Waals surface area (Å²) < 4.78 is 0. The maximum atomic E-state index is 5.35. The van der Waals surface area contributed by atoms with Crippen LogP contribution in [0.5, 0.6) is 0 Å². The third-order valence-corrected chi connectivity index (χ3v) is 4.51. The molecule has 0 aliphatic carbocycles. The fourth-order valence-electron chi connectivity index (χ4n) is 2.05. The fourth-order valence-corrected chi connectivity index (χ4v) is 3.13. The van der Waals surface area contributed by atoms with Gasteiger partial charge in [-0.3, -0.25) is 0 Å². The number of likely N-dealkylation sites (N-methyl/N-ethyl adjacent to an activating group) is 1. The highest BCUT2D eigenvalue weighted by Crippen LogP contribution is 2.22. The van der Waals surface area contributed by atoms with Crippen molar-refractivity contribution < 1.29 is 0 Å². The second-order valence-electron chi connectivity index (χ2n) is 5.04. The molecule has 0 bridgehead atoms. The summed E-state index contributed by atoms with van der Waals surface area (Å²) in [6.45, 7) is 1.55. The van der Waals surface area contributed by atoms with Gasteiger partial charge in [-0.05, 0) is 43.3 Å². The monoisotopic (exact) mass is 319 g/mol. The van der Waals surface area contributed by atoms with Crippen LogP contribution in [0, 0.1) is 0 Å². The van der Waals surface area contributed by atoms with Crippen LogP contribution in [0.2, 0.25) is 0 Å². The van der Waals surface area contributed by atoms with Crippen molar-refractivity contribution in [2.75, 3.05) is 20.6 Å². The number of hydrogen-bond donors (Lipinski definition) is 2. The molecule has 0 radical (unpaired) electrons. The van der Waals surface area contributed by atoms with Crippen LogP contribution in [-0.4, -0.2) is 30.7 Å². The zero-order chi connectivity index (χ0) is 15.1. The summed E-state index contributed by atoms with van der Waals surface area (Å²) in [5, 5.41) is 9.36. The first-order valence-corrected chi connectivity index (χ1v) is 8.21. The van der Waals surface area contributed by atoms with Crippen LogP contribution in [0.1, 0.15) is 16.5 Å². The van der Waals surface area contributed by atoms with E-state index in [1.54, 1.807) is 11.3 Å². The minimum atomic E-state index is 0.335. The van der Waals surface area contributed by atoms with Crippen LogP contribution in [0.3, 0.4) is 0 Å². The van der Waals surface area contributed by atoms with E-state index in [9.17, 15) is 0 Å². The second-order valence-corrected chi connectivity index (χ2v) is 6.43. The third-order valence-electron chi connectivity index (χ3n) is 3.25. The average Bonchev–Trinajstić information content (AvgIpc) is 3.00. The van der Waals surface area contributed by atoms with Crippen molar-refractivity contribution in [1.29, 1.82) is 0 Å². The van der Waals surface area contributed by atoms with E-state index < -0.39 is 0 Å². The summed E-state index contributed by atoms with van der Waals surface area (Å²) in [5.41, 5.74) is 1.23. The molecule has 1 atom stereocenters. The molecule has 0 aliphatic heterocycles. The van der Waals surface area contributed by atoms with Gasteiger partial charge in [0.25, 0.3) is 0 Å². The Morgan fingerprint density at radius 1 is 1.14 bits per heavy atom. The van der Waals surface area contributed by atoms with E-state index in [2.05, 4.69) is 59.3 Å². The lowest BCUT2D eigenvalue weighted by Gasteiger charge is -2.24. The molecule has 2 rings (SSSR count). The largest absolute Gasteiger partial charge is 0.361 e. The number of benzene rings is 1. The standard InChI is InChI=1S/C16H21N3S2/c1-19(2)14(15-9-6-10-21-15)12-18-16(20)17-11-13-7-4-3-5-8-13/h3-10,14H,11-12H2,1-2H3,(H2,17,18,20)/t14-/m1/s1. The van der Waals surface area contributed by atoms with Crippen molar-refractivity contribution in [3.63, 3.8) is 0 Å².